The molecule has 4 atom stereocenters. The van der Waals surface area contributed by atoms with Crippen molar-refractivity contribution in [3.8, 4) is 5.75 Å². The first kappa shape index (κ1) is 30.7. The Morgan fingerprint density at radius 2 is 1.26 bits per heavy atom. The van der Waals surface area contributed by atoms with Crippen LogP contribution in [0.4, 0.5) is 4.79 Å². The zero-order valence-corrected chi connectivity index (χ0v) is 23.4. The fourth-order valence-electron chi connectivity index (χ4n) is 4.46. The number of carbonyl (C=O) groups is 4. The number of hydrogen-bond acceptors (Lipinski definition) is 11. The molecule has 2 aliphatic rings. The molecule has 0 aromatic heterocycles. The van der Waals surface area contributed by atoms with E-state index in [0.29, 0.717) is 25.0 Å². The molecule has 42 heavy (non-hydrogen) atoms. The lowest BCUT2D eigenvalue weighted by atomic mass is 10.1. The Morgan fingerprint density at radius 1 is 0.762 bits per heavy atom. The molecular formula is C31H34O11. The number of hydrogen-bond donors (Lipinski definition) is 0. The lowest BCUT2D eigenvalue weighted by Crippen LogP contribution is -2.36. The Labute approximate surface area is 243 Å². The van der Waals surface area contributed by atoms with Gasteiger partial charge in [0, 0.05) is 6.08 Å². The second kappa shape index (κ2) is 15.1. The number of carbonyl (C=O) groups excluding carboxylic acids is 4. The first-order chi connectivity index (χ1) is 20.3. The minimum absolute atomic E-state index is 0.107. The van der Waals surface area contributed by atoms with Crippen LogP contribution in [0.1, 0.15) is 52.0 Å². The van der Waals surface area contributed by atoms with Gasteiger partial charge in [0.1, 0.15) is 18.0 Å². The highest BCUT2D eigenvalue weighted by Gasteiger charge is 2.51. The summed E-state index contributed by atoms with van der Waals surface area (Å²) in [7, 11) is 0. The van der Waals surface area contributed by atoms with Gasteiger partial charge < -0.3 is 33.2 Å². The minimum atomic E-state index is -0.851. The average Bonchev–Trinajstić information content (AvgIpc) is 3.57. The highest BCUT2D eigenvalue weighted by atomic mass is 16.7. The van der Waals surface area contributed by atoms with Crippen molar-refractivity contribution in [2.24, 2.45) is 0 Å². The summed E-state index contributed by atoms with van der Waals surface area (Å²) in [4.78, 5) is 48.1. The molecule has 2 heterocycles. The number of rotatable bonds is 13. The Balaban J connectivity index is 1.14. The molecule has 224 valence electrons. The van der Waals surface area contributed by atoms with Crippen LogP contribution in [-0.2, 0) is 33.2 Å². The van der Waals surface area contributed by atoms with Crippen LogP contribution in [-0.4, -0.2) is 74.9 Å². The van der Waals surface area contributed by atoms with Gasteiger partial charge in [0.2, 0.25) is 0 Å². The van der Waals surface area contributed by atoms with E-state index in [1.165, 1.54) is 24.3 Å². The molecular weight excluding hydrogens is 548 g/mol. The van der Waals surface area contributed by atoms with E-state index in [1.54, 1.807) is 12.1 Å². The minimum Gasteiger partial charge on any atom is -0.463 e. The van der Waals surface area contributed by atoms with Gasteiger partial charge in [-0.1, -0.05) is 24.3 Å². The van der Waals surface area contributed by atoms with Crippen molar-refractivity contribution in [2.45, 2.75) is 57.0 Å². The topological polar surface area (TPSA) is 133 Å². The monoisotopic (exact) mass is 582 g/mol. The van der Waals surface area contributed by atoms with Crippen LogP contribution in [0.3, 0.4) is 0 Å². The van der Waals surface area contributed by atoms with Crippen LogP contribution in [0.15, 0.2) is 61.2 Å². The van der Waals surface area contributed by atoms with Crippen LogP contribution in [0.2, 0.25) is 0 Å². The van der Waals surface area contributed by atoms with E-state index in [2.05, 4.69) is 6.58 Å². The Kier molecular flexibility index (Phi) is 11.1. The maximum atomic E-state index is 12.7. The molecule has 0 radical (unpaired) electrons. The number of esters is 3. The average molecular weight is 583 g/mol. The van der Waals surface area contributed by atoms with E-state index in [0.717, 1.165) is 24.5 Å². The second-order valence-electron chi connectivity index (χ2n) is 9.86. The van der Waals surface area contributed by atoms with E-state index in [-0.39, 0.29) is 31.1 Å². The van der Waals surface area contributed by atoms with Gasteiger partial charge in [0.05, 0.1) is 37.6 Å². The third-order valence-electron chi connectivity index (χ3n) is 6.73. The molecule has 0 amide bonds. The SMILES string of the molecule is C=CC(=O)OCCCCCCOC(=O)Oc1ccc(C(=O)O[C@H]2COC3C2OC[C@H]3OC(=O)c2ccc(C)cc2)cc1. The number of unbranched alkanes of at least 4 members (excludes halogenated alkanes) is 3. The van der Waals surface area contributed by atoms with Crippen molar-refractivity contribution in [3.63, 3.8) is 0 Å². The molecule has 2 saturated heterocycles. The third kappa shape index (κ3) is 8.64. The van der Waals surface area contributed by atoms with Crippen molar-refractivity contribution in [1.29, 1.82) is 0 Å². The molecule has 2 fully saturated rings. The van der Waals surface area contributed by atoms with Gasteiger partial charge in [-0.3, -0.25) is 0 Å². The van der Waals surface area contributed by atoms with Gasteiger partial charge in [-0.25, -0.2) is 19.2 Å². The zero-order valence-electron chi connectivity index (χ0n) is 23.4. The maximum Gasteiger partial charge on any atom is 0.513 e. The predicted molar refractivity (Wildman–Crippen MR) is 147 cm³/mol. The number of ether oxygens (including phenoxy) is 7. The molecule has 0 spiro atoms. The summed E-state index contributed by atoms with van der Waals surface area (Å²) in [6.45, 7) is 6.02. The van der Waals surface area contributed by atoms with Crippen LogP contribution in [0, 0.1) is 6.92 Å². The van der Waals surface area contributed by atoms with Gasteiger partial charge in [0.25, 0.3) is 0 Å². The molecule has 0 aliphatic carbocycles. The fourth-order valence-corrected chi connectivity index (χ4v) is 4.46. The molecule has 2 aliphatic heterocycles. The summed E-state index contributed by atoms with van der Waals surface area (Å²) in [5.41, 5.74) is 1.72. The first-order valence-corrected chi connectivity index (χ1v) is 13.8. The zero-order chi connectivity index (χ0) is 29.9. The lowest BCUT2D eigenvalue weighted by molar-refractivity contribution is -0.137. The Hall–Kier alpha value is -4.22. The summed E-state index contributed by atoms with van der Waals surface area (Å²) in [5, 5.41) is 0. The van der Waals surface area contributed by atoms with Gasteiger partial charge >= 0.3 is 24.1 Å². The van der Waals surface area contributed by atoms with Crippen LogP contribution in [0.25, 0.3) is 0 Å². The maximum absolute atomic E-state index is 12.7. The lowest BCUT2D eigenvalue weighted by Gasteiger charge is -2.17. The molecule has 0 saturated carbocycles. The van der Waals surface area contributed by atoms with E-state index in [1.807, 2.05) is 19.1 Å². The first-order valence-electron chi connectivity index (χ1n) is 13.8. The van der Waals surface area contributed by atoms with Gasteiger partial charge in [-0.15, -0.1) is 0 Å². The summed E-state index contributed by atoms with van der Waals surface area (Å²) in [5.74, 6) is -1.30. The highest BCUT2D eigenvalue weighted by Crippen LogP contribution is 2.31. The summed E-state index contributed by atoms with van der Waals surface area (Å²) in [6, 6.07) is 12.9. The molecule has 2 aromatic carbocycles. The van der Waals surface area contributed by atoms with Crippen LogP contribution in [0.5, 0.6) is 5.75 Å². The third-order valence-corrected chi connectivity index (χ3v) is 6.73. The van der Waals surface area contributed by atoms with Gasteiger partial charge in [-0.2, -0.15) is 0 Å². The number of benzene rings is 2. The quantitative estimate of drug-likeness (QED) is 0.110. The molecule has 11 heteroatoms. The molecule has 2 aromatic rings. The summed E-state index contributed by atoms with van der Waals surface area (Å²) >= 11 is 0. The van der Waals surface area contributed by atoms with Crippen molar-refractivity contribution in [3.05, 3.63) is 77.9 Å². The van der Waals surface area contributed by atoms with Crippen LogP contribution < -0.4 is 4.74 Å². The summed E-state index contributed by atoms with van der Waals surface area (Å²) < 4.78 is 37.8. The molecule has 0 bridgehead atoms. The van der Waals surface area contributed by atoms with Gasteiger partial charge in [0.15, 0.2) is 12.2 Å². The normalized spacial score (nSPS) is 20.7. The molecule has 11 nitrogen and oxygen atoms in total. The molecule has 4 rings (SSSR count). The van der Waals surface area contributed by atoms with E-state index in [9.17, 15) is 19.2 Å². The van der Waals surface area contributed by atoms with E-state index in [4.69, 9.17) is 33.2 Å². The largest absolute Gasteiger partial charge is 0.513 e. The molecule has 2 unspecified atom stereocenters. The van der Waals surface area contributed by atoms with E-state index < -0.39 is 48.5 Å². The smallest absolute Gasteiger partial charge is 0.463 e. The highest BCUT2D eigenvalue weighted by molar-refractivity contribution is 5.90. The molecule has 0 N–H and O–H groups in total. The number of fused-ring (bicyclic) bond motifs is 1. The van der Waals surface area contributed by atoms with Crippen molar-refractivity contribution < 1.29 is 52.3 Å². The predicted octanol–water partition coefficient (Wildman–Crippen LogP) is 4.35. The van der Waals surface area contributed by atoms with Crippen molar-refractivity contribution >= 4 is 24.1 Å². The van der Waals surface area contributed by atoms with Crippen molar-refractivity contribution in [2.75, 3.05) is 26.4 Å². The van der Waals surface area contributed by atoms with E-state index >= 15 is 0 Å². The van der Waals surface area contributed by atoms with Crippen molar-refractivity contribution in [1.82, 2.24) is 0 Å². The standard InChI is InChI=1S/C31H34O11/c1-3-26(32)36-16-6-4-5-7-17-37-31(35)40-23-14-12-22(13-15-23)30(34)42-25-19-39-27-24(18-38-28(25)27)41-29(33)21-10-8-20(2)9-11-21/h3,8-15,24-25,27-28H,1,4-7,16-19H2,2H3/t24-,25+,27?,28?/m1/s1. The Bertz CT molecular complexity index is 1240. The Morgan fingerprint density at radius 3 is 1.79 bits per heavy atom. The fraction of sp³-hybridized carbons (Fsp3) is 0.419. The summed E-state index contributed by atoms with van der Waals surface area (Å²) in [6.07, 6.45) is 0.864. The van der Waals surface area contributed by atoms with Gasteiger partial charge in [-0.05, 0) is 69.0 Å². The number of aryl methyl sites for hydroxylation is 1. The van der Waals surface area contributed by atoms with Crippen LogP contribution >= 0.6 is 0 Å². The second-order valence-corrected chi connectivity index (χ2v) is 9.86.